The van der Waals surface area contributed by atoms with Gasteiger partial charge in [-0.05, 0) is 49.7 Å². The Morgan fingerprint density at radius 1 is 0.920 bits per heavy atom. The van der Waals surface area contributed by atoms with Gasteiger partial charge in [-0.1, -0.05) is 23.7 Å². The quantitative estimate of drug-likeness (QED) is 0.801. The molecule has 1 fully saturated rings. The summed E-state index contributed by atoms with van der Waals surface area (Å²) in [6.45, 7) is 1.47. The molecule has 2 N–H and O–H groups in total. The first-order chi connectivity index (χ1) is 11.9. The molecule has 25 heavy (non-hydrogen) atoms. The molecule has 0 spiro atoms. The van der Waals surface area contributed by atoms with Crippen LogP contribution in [0, 0.1) is 11.8 Å². The zero-order valence-electron chi connectivity index (χ0n) is 13.6. The SMILES string of the molecule is CC(=O)c1cccc(NC(=O)C2CC2C(=O)Nc2ccc(Cl)cc2)c1. The lowest BCUT2D eigenvalue weighted by molar-refractivity contribution is -0.122. The van der Waals surface area contributed by atoms with E-state index in [0.29, 0.717) is 28.4 Å². The van der Waals surface area contributed by atoms with Crippen LogP contribution in [0.25, 0.3) is 0 Å². The van der Waals surface area contributed by atoms with E-state index in [1.807, 2.05) is 0 Å². The van der Waals surface area contributed by atoms with Crippen LogP contribution in [0.1, 0.15) is 23.7 Å². The van der Waals surface area contributed by atoms with E-state index in [9.17, 15) is 14.4 Å². The molecule has 0 heterocycles. The number of carbonyl (C=O) groups is 3. The molecule has 2 unspecified atom stereocenters. The van der Waals surface area contributed by atoms with E-state index >= 15 is 0 Å². The second-order valence-electron chi connectivity index (χ2n) is 6.07. The van der Waals surface area contributed by atoms with E-state index in [4.69, 9.17) is 11.6 Å². The first-order valence-electron chi connectivity index (χ1n) is 7.92. The lowest BCUT2D eigenvalue weighted by atomic mass is 10.1. The highest BCUT2D eigenvalue weighted by Gasteiger charge is 2.48. The van der Waals surface area contributed by atoms with Crippen molar-refractivity contribution < 1.29 is 14.4 Å². The number of hydrogen-bond donors (Lipinski definition) is 2. The maximum atomic E-state index is 12.3. The molecule has 0 saturated heterocycles. The number of amides is 2. The lowest BCUT2D eigenvalue weighted by Crippen LogP contribution is -2.20. The molecule has 1 aliphatic carbocycles. The molecule has 128 valence electrons. The predicted molar refractivity (Wildman–Crippen MR) is 96.8 cm³/mol. The van der Waals surface area contributed by atoms with Gasteiger partial charge in [0.1, 0.15) is 0 Å². The summed E-state index contributed by atoms with van der Waals surface area (Å²) in [6, 6.07) is 13.6. The summed E-state index contributed by atoms with van der Waals surface area (Å²) in [4.78, 5) is 35.9. The van der Waals surface area contributed by atoms with Crippen LogP contribution in [0.4, 0.5) is 11.4 Å². The summed E-state index contributed by atoms with van der Waals surface area (Å²) in [5, 5.41) is 6.14. The Kier molecular flexibility index (Phi) is 4.86. The Morgan fingerprint density at radius 3 is 2.12 bits per heavy atom. The second kappa shape index (κ2) is 7.07. The molecule has 1 aliphatic rings. The van der Waals surface area contributed by atoms with Gasteiger partial charge in [0.05, 0.1) is 11.8 Å². The molecule has 0 radical (unpaired) electrons. The highest BCUT2D eigenvalue weighted by molar-refractivity contribution is 6.30. The van der Waals surface area contributed by atoms with Gasteiger partial charge in [0.15, 0.2) is 5.78 Å². The van der Waals surface area contributed by atoms with Crippen LogP contribution >= 0.6 is 11.6 Å². The molecule has 5 nitrogen and oxygen atoms in total. The number of benzene rings is 2. The monoisotopic (exact) mass is 356 g/mol. The van der Waals surface area contributed by atoms with Gasteiger partial charge in [0.25, 0.3) is 0 Å². The van der Waals surface area contributed by atoms with Gasteiger partial charge < -0.3 is 10.6 Å². The fourth-order valence-corrected chi connectivity index (χ4v) is 2.72. The minimum absolute atomic E-state index is 0.0669. The van der Waals surface area contributed by atoms with Crippen molar-refractivity contribution in [3.05, 3.63) is 59.1 Å². The summed E-state index contributed by atoms with van der Waals surface area (Å²) >= 11 is 5.81. The first kappa shape index (κ1) is 17.2. The van der Waals surface area contributed by atoms with Crippen LogP contribution in [-0.2, 0) is 9.59 Å². The van der Waals surface area contributed by atoms with Gasteiger partial charge in [-0.15, -0.1) is 0 Å². The molecule has 1 saturated carbocycles. The van der Waals surface area contributed by atoms with Crippen LogP contribution in [0.5, 0.6) is 0 Å². The normalized spacial score (nSPS) is 18.3. The number of carbonyl (C=O) groups excluding carboxylic acids is 3. The molecule has 0 aromatic heterocycles. The summed E-state index contributed by atoms with van der Waals surface area (Å²) in [7, 11) is 0. The zero-order chi connectivity index (χ0) is 18.0. The fraction of sp³-hybridized carbons (Fsp3) is 0.211. The van der Waals surface area contributed by atoms with E-state index in [2.05, 4.69) is 10.6 Å². The van der Waals surface area contributed by atoms with Crippen molar-refractivity contribution >= 4 is 40.6 Å². The largest absolute Gasteiger partial charge is 0.326 e. The van der Waals surface area contributed by atoms with Crippen molar-refractivity contribution in [3.63, 3.8) is 0 Å². The lowest BCUT2D eigenvalue weighted by Gasteiger charge is -2.07. The van der Waals surface area contributed by atoms with Gasteiger partial charge in [0, 0.05) is 22.0 Å². The zero-order valence-corrected chi connectivity index (χ0v) is 14.3. The molecule has 6 heteroatoms. The van der Waals surface area contributed by atoms with E-state index in [0.717, 1.165) is 0 Å². The van der Waals surface area contributed by atoms with Crippen LogP contribution in [-0.4, -0.2) is 17.6 Å². The third-order valence-corrected chi connectivity index (χ3v) is 4.36. The predicted octanol–water partition coefficient (Wildman–Crippen LogP) is 3.76. The first-order valence-corrected chi connectivity index (χ1v) is 8.30. The molecule has 0 aliphatic heterocycles. The van der Waals surface area contributed by atoms with Gasteiger partial charge in [-0.2, -0.15) is 0 Å². The average molecular weight is 357 g/mol. The Bertz CT molecular complexity index is 833. The van der Waals surface area contributed by atoms with E-state index in [-0.39, 0.29) is 29.4 Å². The number of halogens is 1. The van der Waals surface area contributed by atoms with Crippen LogP contribution in [0.2, 0.25) is 5.02 Å². The van der Waals surface area contributed by atoms with Crippen molar-refractivity contribution in [3.8, 4) is 0 Å². The third kappa shape index (κ3) is 4.25. The number of rotatable bonds is 5. The number of anilines is 2. The minimum atomic E-state index is -0.353. The highest BCUT2D eigenvalue weighted by Crippen LogP contribution is 2.40. The molecular formula is C19H17ClN2O3. The molecule has 2 aromatic rings. The van der Waals surface area contributed by atoms with E-state index < -0.39 is 0 Å². The van der Waals surface area contributed by atoms with Gasteiger partial charge >= 0.3 is 0 Å². The number of Topliss-reactive ketones (excluding diaryl/α,β-unsaturated/α-hetero) is 1. The van der Waals surface area contributed by atoms with Gasteiger partial charge in [-0.3, -0.25) is 14.4 Å². The Balaban J connectivity index is 1.56. The molecule has 2 atom stereocenters. The third-order valence-electron chi connectivity index (χ3n) is 4.11. The highest BCUT2D eigenvalue weighted by atomic mass is 35.5. The van der Waals surface area contributed by atoms with E-state index in [1.54, 1.807) is 48.5 Å². The number of nitrogens with one attached hydrogen (secondary N) is 2. The van der Waals surface area contributed by atoms with Crippen molar-refractivity contribution in [1.29, 1.82) is 0 Å². The number of hydrogen-bond acceptors (Lipinski definition) is 3. The summed E-state index contributed by atoms with van der Waals surface area (Å²) in [5.41, 5.74) is 1.74. The Morgan fingerprint density at radius 2 is 1.52 bits per heavy atom. The summed E-state index contributed by atoms with van der Waals surface area (Å²) in [5.74, 6) is -1.15. The van der Waals surface area contributed by atoms with Crippen LogP contribution in [0.15, 0.2) is 48.5 Å². The van der Waals surface area contributed by atoms with Gasteiger partial charge in [0.2, 0.25) is 11.8 Å². The van der Waals surface area contributed by atoms with Crippen LogP contribution in [0.3, 0.4) is 0 Å². The molecule has 2 aromatic carbocycles. The van der Waals surface area contributed by atoms with Crippen LogP contribution < -0.4 is 10.6 Å². The van der Waals surface area contributed by atoms with E-state index in [1.165, 1.54) is 6.92 Å². The smallest absolute Gasteiger partial charge is 0.228 e. The van der Waals surface area contributed by atoms with Crippen molar-refractivity contribution in [2.45, 2.75) is 13.3 Å². The standard InChI is InChI=1S/C19H17ClN2O3/c1-11(23)12-3-2-4-15(9-12)22-19(25)17-10-16(17)18(24)21-14-7-5-13(20)6-8-14/h2-9,16-17H,10H2,1H3,(H,21,24)(H,22,25). The number of ketones is 1. The van der Waals surface area contributed by atoms with Gasteiger partial charge in [-0.25, -0.2) is 0 Å². The summed E-state index contributed by atoms with van der Waals surface area (Å²) < 4.78 is 0. The Labute approximate surface area is 150 Å². The Hall–Kier alpha value is -2.66. The average Bonchev–Trinajstić information content (AvgIpc) is 3.38. The molecular weight excluding hydrogens is 340 g/mol. The molecule has 3 rings (SSSR count). The maximum absolute atomic E-state index is 12.3. The van der Waals surface area contributed by atoms with Crippen molar-refractivity contribution in [1.82, 2.24) is 0 Å². The van der Waals surface area contributed by atoms with Crippen molar-refractivity contribution in [2.24, 2.45) is 11.8 Å². The van der Waals surface area contributed by atoms with Crippen molar-refractivity contribution in [2.75, 3.05) is 10.6 Å². The molecule has 2 amide bonds. The fourth-order valence-electron chi connectivity index (χ4n) is 2.59. The second-order valence-corrected chi connectivity index (χ2v) is 6.51. The maximum Gasteiger partial charge on any atom is 0.228 e. The minimum Gasteiger partial charge on any atom is -0.326 e. The summed E-state index contributed by atoms with van der Waals surface area (Å²) in [6.07, 6.45) is 0.512. The molecule has 0 bridgehead atoms. The topological polar surface area (TPSA) is 75.3 Å².